The largest absolute Gasteiger partial charge is 0.493 e. The second-order valence-electron chi connectivity index (χ2n) is 7.24. The van der Waals surface area contributed by atoms with Crippen LogP contribution in [0.15, 0.2) is 36.4 Å². The van der Waals surface area contributed by atoms with Crippen LogP contribution >= 0.6 is 11.6 Å². The van der Waals surface area contributed by atoms with Crippen LogP contribution in [0.25, 0.3) is 0 Å². The zero-order chi connectivity index (χ0) is 22.9. The fraction of sp³-hybridized carbons (Fsp3) is 0.364. The molecular weight excluding hydrogens is 432 g/mol. The zero-order valence-electron chi connectivity index (χ0n) is 18.4. The maximum Gasteiger partial charge on any atom is 0.262 e. The number of methoxy groups -OCH3 is 1. The molecule has 2 N–H and O–H groups in total. The van der Waals surface area contributed by atoms with Gasteiger partial charge in [-0.15, -0.1) is 0 Å². The molecule has 170 valence electrons. The summed E-state index contributed by atoms with van der Waals surface area (Å²) in [5.41, 5.74) is 2.67. The summed E-state index contributed by atoms with van der Waals surface area (Å²) in [7, 11) is 1.52. The topological polar surface area (TPSA) is 103 Å². The number of aryl methyl sites for hydroxylation is 2. The van der Waals surface area contributed by atoms with E-state index in [9.17, 15) is 4.79 Å². The number of nitrogens with zero attached hydrogens (tertiary/aromatic N) is 4. The molecule has 3 rings (SSSR count). The summed E-state index contributed by atoms with van der Waals surface area (Å²) in [4.78, 5) is 12.2. The average Bonchev–Trinajstić information content (AvgIpc) is 3.24. The number of unbranched alkanes of at least 4 members (excludes halogenated alkanes) is 1. The highest BCUT2D eigenvalue weighted by Crippen LogP contribution is 2.36. The van der Waals surface area contributed by atoms with E-state index in [2.05, 4.69) is 33.1 Å². The monoisotopic (exact) mass is 458 g/mol. The van der Waals surface area contributed by atoms with Crippen LogP contribution < -0.4 is 20.1 Å². The van der Waals surface area contributed by atoms with Gasteiger partial charge in [0.2, 0.25) is 5.95 Å². The number of halogens is 1. The Morgan fingerprint density at radius 1 is 1.22 bits per heavy atom. The quantitative estimate of drug-likeness (QED) is 0.446. The molecule has 9 nitrogen and oxygen atoms in total. The van der Waals surface area contributed by atoms with Crippen LogP contribution in [-0.4, -0.2) is 39.8 Å². The number of anilines is 2. The van der Waals surface area contributed by atoms with Crippen LogP contribution in [-0.2, 0) is 17.9 Å². The van der Waals surface area contributed by atoms with Gasteiger partial charge < -0.3 is 20.1 Å². The summed E-state index contributed by atoms with van der Waals surface area (Å²) in [6.07, 6.45) is 2.04. The van der Waals surface area contributed by atoms with Crippen LogP contribution in [0.4, 0.5) is 11.6 Å². The number of ether oxygens (including phenoxy) is 2. The van der Waals surface area contributed by atoms with E-state index >= 15 is 0 Å². The fourth-order valence-corrected chi connectivity index (χ4v) is 3.25. The summed E-state index contributed by atoms with van der Waals surface area (Å²) < 4.78 is 12.8. The van der Waals surface area contributed by atoms with Gasteiger partial charge in [-0.05, 0) is 53.6 Å². The molecule has 0 atom stereocenters. The van der Waals surface area contributed by atoms with Crippen molar-refractivity contribution in [2.24, 2.45) is 0 Å². The van der Waals surface area contributed by atoms with Crippen molar-refractivity contribution in [1.29, 1.82) is 0 Å². The minimum Gasteiger partial charge on any atom is -0.493 e. The number of hydrogen-bond acceptors (Lipinski definition) is 7. The van der Waals surface area contributed by atoms with Crippen molar-refractivity contribution in [3.05, 3.63) is 52.5 Å². The maximum absolute atomic E-state index is 12.2. The molecule has 0 spiro atoms. The molecule has 32 heavy (non-hydrogen) atoms. The van der Waals surface area contributed by atoms with Gasteiger partial charge >= 0.3 is 0 Å². The molecule has 0 saturated carbocycles. The standard InChI is InChI=1S/C22H27ClN6O3/c1-4-5-10-29-22(26-27-28-29)24-13-16-11-18(23)21(19(12-16)31-3)32-14-20(30)25-17-8-6-15(2)7-9-17/h6-9,11-12H,4-5,10,13-14H2,1-3H3,(H,25,30)(H,24,26,28). The Labute approximate surface area is 192 Å². The summed E-state index contributed by atoms with van der Waals surface area (Å²) in [6, 6.07) is 11.1. The van der Waals surface area contributed by atoms with Gasteiger partial charge in [-0.1, -0.05) is 47.7 Å². The molecule has 0 fully saturated rings. The van der Waals surface area contributed by atoms with E-state index in [1.54, 1.807) is 16.8 Å². The van der Waals surface area contributed by atoms with E-state index in [4.69, 9.17) is 21.1 Å². The minimum atomic E-state index is -0.295. The molecule has 1 aromatic heterocycles. The van der Waals surface area contributed by atoms with Gasteiger partial charge in [0.05, 0.1) is 12.1 Å². The summed E-state index contributed by atoms with van der Waals surface area (Å²) in [5.74, 6) is 1.03. The molecule has 10 heteroatoms. The SMILES string of the molecule is CCCCn1nnnc1NCc1cc(Cl)c(OCC(=O)Nc2ccc(C)cc2)c(OC)c1. The Morgan fingerprint density at radius 2 is 2.00 bits per heavy atom. The van der Waals surface area contributed by atoms with Crippen molar-refractivity contribution in [2.75, 3.05) is 24.4 Å². The number of carbonyl (C=O) groups excluding carboxylic acids is 1. The first kappa shape index (κ1) is 23.3. The first-order valence-electron chi connectivity index (χ1n) is 10.4. The molecule has 0 aliphatic carbocycles. The van der Waals surface area contributed by atoms with Crippen molar-refractivity contribution in [1.82, 2.24) is 20.2 Å². The first-order chi connectivity index (χ1) is 15.5. The lowest BCUT2D eigenvalue weighted by Gasteiger charge is -2.15. The Kier molecular flexibility index (Phi) is 8.27. The molecule has 2 aromatic carbocycles. The number of tetrazole rings is 1. The van der Waals surface area contributed by atoms with Gasteiger partial charge in [0.15, 0.2) is 18.1 Å². The molecule has 1 amide bonds. The number of nitrogens with one attached hydrogen (secondary N) is 2. The Morgan fingerprint density at radius 3 is 2.72 bits per heavy atom. The number of hydrogen-bond donors (Lipinski definition) is 2. The third-order valence-electron chi connectivity index (χ3n) is 4.68. The lowest BCUT2D eigenvalue weighted by molar-refractivity contribution is -0.118. The molecule has 0 bridgehead atoms. The van der Waals surface area contributed by atoms with Crippen molar-refractivity contribution in [3.63, 3.8) is 0 Å². The zero-order valence-corrected chi connectivity index (χ0v) is 19.1. The lowest BCUT2D eigenvalue weighted by Crippen LogP contribution is -2.20. The van der Waals surface area contributed by atoms with Crippen LogP contribution in [0.5, 0.6) is 11.5 Å². The predicted octanol–water partition coefficient (Wildman–Crippen LogP) is 4.07. The normalized spacial score (nSPS) is 10.6. The number of benzene rings is 2. The van der Waals surface area contributed by atoms with Gasteiger partial charge in [0.25, 0.3) is 5.91 Å². The van der Waals surface area contributed by atoms with E-state index in [0.717, 1.165) is 30.5 Å². The van der Waals surface area contributed by atoms with Crippen molar-refractivity contribution in [2.45, 2.75) is 39.8 Å². The van der Waals surface area contributed by atoms with Gasteiger partial charge in [0.1, 0.15) is 0 Å². The average molecular weight is 459 g/mol. The van der Waals surface area contributed by atoms with Crippen molar-refractivity contribution < 1.29 is 14.3 Å². The molecule has 1 heterocycles. The highest BCUT2D eigenvalue weighted by Gasteiger charge is 2.15. The van der Waals surface area contributed by atoms with E-state index < -0.39 is 0 Å². The van der Waals surface area contributed by atoms with Crippen LogP contribution in [0, 0.1) is 6.92 Å². The third kappa shape index (κ3) is 6.34. The molecule has 0 aliphatic heterocycles. The van der Waals surface area contributed by atoms with Crippen LogP contribution in [0.3, 0.4) is 0 Å². The number of amides is 1. The molecule has 0 radical (unpaired) electrons. The Balaban J connectivity index is 1.61. The molecule has 0 aliphatic rings. The smallest absolute Gasteiger partial charge is 0.262 e. The van der Waals surface area contributed by atoms with Crippen LogP contribution in [0.2, 0.25) is 5.02 Å². The van der Waals surface area contributed by atoms with Gasteiger partial charge in [0, 0.05) is 18.8 Å². The summed E-state index contributed by atoms with van der Waals surface area (Å²) in [5, 5.41) is 18.1. The number of carbonyl (C=O) groups is 1. The predicted molar refractivity (Wildman–Crippen MR) is 123 cm³/mol. The summed E-state index contributed by atoms with van der Waals surface area (Å²) in [6.45, 7) is 5.08. The van der Waals surface area contributed by atoms with E-state index in [0.29, 0.717) is 34.7 Å². The molecule has 3 aromatic rings. The van der Waals surface area contributed by atoms with E-state index in [-0.39, 0.29) is 12.5 Å². The van der Waals surface area contributed by atoms with E-state index in [1.165, 1.54) is 7.11 Å². The second kappa shape index (κ2) is 11.3. The minimum absolute atomic E-state index is 0.201. The Bertz CT molecular complexity index is 1040. The highest BCUT2D eigenvalue weighted by atomic mass is 35.5. The van der Waals surface area contributed by atoms with Crippen molar-refractivity contribution in [3.8, 4) is 11.5 Å². The van der Waals surface area contributed by atoms with Gasteiger partial charge in [-0.25, -0.2) is 4.68 Å². The highest BCUT2D eigenvalue weighted by molar-refractivity contribution is 6.32. The molecule has 0 saturated heterocycles. The number of rotatable bonds is 11. The van der Waals surface area contributed by atoms with Gasteiger partial charge in [-0.2, -0.15) is 0 Å². The van der Waals surface area contributed by atoms with E-state index in [1.807, 2.05) is 31.2 Å². The second-order valence-corrected chi connectivity index (χ2v) is 7.65. The maximum atomic E-state index is 12.2. The molecular formula is C22H27ClN6O3. The van der Waals surface area contributed by atoms with Gasteiger partial charge in [-0.3, -0.25) is 4.79 Å². The van der Waals surface area contributed by atoms with Crippen molar-refractivity contribution >= 4 is 29.1 Å². The Hall–Kier alpha value is -3.33. The third-order valence-corrected chi connectivity index (χ3v) is 4.96. The summed E-state index contributed by atoms with van der Waals surface area (Å²) >= 11 is 6.42. The first-order valence-corrected chi connectivity index (χ1v) is 10.7. The fourth-order valence-electron chi connectivity index (χ4n) is 2.96. The lowest BCUT2D eigenvalue weighted by atomic mass is 10.2. The van der Waals surface area contributed by atoms with Crippen LogP contribution in [0.1, 0.15) is 30.9 Å². The number of aromatic nitrogens is 4. The molecule has 0 unspecified atom stereocenters.